The Hall–Kier alpha value is -3.20. The Bertz CT molecular complexity index is 1290. The Labute approximate surface area is 226 Å². The number of aliphatic hydroxyl groups is 1. The number of fused-ring (bicyclic) bond motifs is 1. The molecule has 38 heavy (non-hydrogen) atoms. The van der Waals surface area contributed by atoms with Crippen LogP contribution in [0.4, 0.5) is 5.69 Å². The van der Waals surface area contributed by atoms with E-state index in [1.807, 2.05) is 13.0 Å². The first-order chi connectivity index (χ1) is 18.1. The predicted molar refractivity (Wildman–Crippen MR) is 142 cm³/mol. The minimum absolute atomic E-state index is 0.103. The van der Waals surface area contributed by atoms with Gasteiger partial charge in [0.2, 0.25) is 5.91 Å². The minimum atomic E-state index is -1.38. The molecule has 3 saturated heterocycles. The largest absolute Gasteiger partial charge is 0.481 e. The highest BCUT2D eigenvalue weighted by Gasteiger charge is 2.80. The summed E-state index contributed by atoms with van der Waals surface area (Å²) in [6.07, 6.45) is 1.89. The number of aliphatic hydroxyl groups excluding tert-OH is 1. The van der Waals surface area contributed by atoms with Crippen molar-refractivity contribution in [1.82, 2.24) is 4.90 Å². The average Bonchev–Trinajstić information content (AvgIpc) is 3.41. The van der Waals surface area contributed by atoms with Crippen LogP contribution in [-0.2, 0) is 19.1 Å². The molecule has 2 aromatic carbocycles. The van der Waals surface area contributed by atoms with E-state index in [1.165, 1.54) is 9.80 Å². The van der Waals surface area contributed by atoms with Gasteiger partial charge in [0, 0.05) is 6.54 Å². The van der Waals surface area contributed by atoms with Crippen LogP contribution >= 0.6 is 11.6 Å². The Morgan fingerprint density at radius 1 is 1.24 bits per heavy atom. The van der Waals surface area contributed by atoms with E-state index in [4.69, 9.17) is 16.3 Å². The molecule has 5 rings (SSSR count). The van der Waals surface area contributed by atoms with Gasteiger partial charge in [-0.15, -0.1) is 6.58 Å². The summed E-state index contributed by atoms with van der Waals surface area (Å²) in [5.74, 6) is -4.55. The van der Waals surface area contributed by atoms with Gasteiger partial charge in [-0.05, 0) is 37.0 Å². The van der Waals surface area contributed by atoms with Gasteiger partial charge in [0.1, 0.15) is 17.6 Å². The van der Waals surface area contributed by atoms with Crippen molar-refractivity contribution in [3.63, 3.8) is 0 Å². The van der Waals surface area contributed by atoms with E-state index in [9.17, 15) is 24.6 Å². The summed E-state index contributed by atoms with van der Waals surface area (Å²) in [7, 11) is 0. The average molecular weight is 539 g/mol. The third-order valence-corrected chi connectivity index (χ3v) is 8.99. The van der Waals surface area contributed by atoms with Crippen LogP contribution in [0.5, 0.6) is 0 Å². The summed E-state index contributed by atoms with van der Waals surface area (Å²) in [6, 6.07) is 13.7. The summed E-state index contributed by atoms with van der Waals surface area (Å²) in [6.45, 7) is 7.06. The molecular weight excluding hydrogens is 508 g/mol. The molecule has 1 spiro atoms. The first-order valence-corrected chi connectivity index (χ1v) is 13.1. The van der Waals surface area contributed by atoms with Crippen LogP contribution in [0.25, 0.3) is 0 Å². The second-order valence-electron chi connectivity index (χ2n) is 10.6. The molecule has 9 heteroatoms. The molecule has 0 saturated carbocycles. The zero-order valence-electron chi connectivity index (χ0n) is 21.3. The second kappa shape index (κ2) is 9.52. The number of hydrogen-bond acceptors (Lipinski definition) is 5. The van der Waals surface area contributed by atoms with Crippen LogP contribution in [0.3, 0.4) is 0 Å². The molecule has 0 radical (unpaired) electrons. The van der Waals surface area contributed by atoms with E-state index >= 15 is 0 Å². The van der Waals surface area contributed by atoms with Crippen LogP contribution in [0.15, 0.2) is 67.3 Å². The number of nitrogens with zero attached hydrogens (tertiary/aromatic N) is 2. The molecule has 200 valence electrons. The van der Waals surface area contributed by atoms with Gasteiger partial charge in [0.25, 0.3) is 5.91 Å². The number of anilines is 1. The number of aliphatic carboxylic acids is 1. The standard InChI is InChI=1S/C29H31ClN2O6/c1-4-14-31(20-13-9-8-12-19(20)30)26(35)24-29-15-17(2)28(3,38-29)23(27(36)37)22(29)25(34)32(24)21(16-33)18-10-6-5-7-11-18/h4-13,17,21-24,33H,1,14-16H2,2-3H3,(H,36,37)/t17?,21-,22+,23-,24?,28+,29?/m1/s1. The first-order valence-electron chi connectivity index (χ1n) is 12.7. The van der Waals surface area contributed by atoms with Gasteiger partial charge in [0.15, 0.2) is 0 Å². The van der Waals surface area contributed by atoms with Gasteiger partial charge in [-0.1, -0.05) is 67.1 Å². The van der Waals surface area contributed by atoms with Gasteiger partial charge in [0.05, 0.1) is 34.9 Å². The molecule has 2 aromatic rings. The van der Waals surface area contributed by atoms with E-state index in [2.05, 4.69) is 6.58 Å². The van der Waals surface area contributed by atoms with Crippen LogP contribution in [0, 0.1) is 17.8 Å². The molecule has 7 atom stereocenters. The Kier molecular flexibility index (Phi) is 6.62. The number of likely N-dealkylation sites (tertiary alicyclic amines) is 1. The lowest BCUT2D eigenvalue weighted by atomic mass is 9.62. The van der Waals surface area contributed by atoms with Crippen LogP contribution in [-0.4, -0.2) is 63.3 Å². The van der Waals surface area contributed by atoms with Crippen molar-refractivity contribution < 1.29 is 29.3 Å². The number of para-hydroxylation sites is 1. The fourth-order valence-corrected chi connectivity index (χ4v) is 7.19. The van der Waals surface area contributed by atoms with E-state index in [1.54, 1.807) is 61.5 Å². The maximum atomic E-state index is 14.6. The van der Waals surface area contributed by atoms with Crippen LogP contribution < -0.4 is 4.90 Å². The van der Waals surface area contributed by atoms with Gasteiger partial charge < -0.3 is 24.7 Å². The minimum Gasteiger partial charge on any atom is -0.481 e. The molecule has 0 aromatic heterocycles. The van der Waals surface area contributed by atoms with Crippen molar-refractivity contribution in [3.8, 4) is 0 Å². The molecule has 2 bridgehead atoms. The highest BCUT2D eigenvalue weighted by molar-refractivity contribution is 6.34. The molecule has 0 aliphatic carbocycles. The topological polar surface area (TPSA) is 107 Å². The maximum Gasteiger partial charge on any atom is 0.310 e. The van der Waals surface area contributed by atoms with E-state index in [0.717, 1.165) is 0 Å². The molecule has 3 aliphatic heterocycles. The molecule has 3 heterocycles. The first kappa shape index (κ1) is 26.4. The van der Waals surface area contributed by atoms with Crippen LogP contribution in [0.1, 0.15) is 31.9 Å². The zero-order chi connectivity index (χ0) is 27.4. The highest BCUT2D eigenvalue weighted by Crippen LogP contribution is 2.66. The van der Waals surface area contributed by atoms with Crippen molar-refractivity contribution in [1.29, 1.82) is 0 Å². The Balaban J connectivity index is 1.71. The molecule has 2 N–H and O–H groups in total. The molecule has 8 nitrogen and oxygen atoms in total. The van der Waals surface area contributed by atoms with Gasteiger partial charge >= 0.3 is 5.97 Å². The zero-order valence-corrected chi connectivity index (χ0v) is 22.0. The van der Waals surface area contributed by atoms with Crippen LogP contribution in [0.2, 0.25) is 5.02 Å². The number of ether oxygens (including phenoxy) is 1. The third kappa shape index (κ3) is 3.61. The fraction of sp³-hybridized carbons (Fsp3) is 0.414. The summed E-state index contributed by atoms with van der Waals surface area (Å²) in [5, 5.41) is 21.2. The van der Waals surface area contributed by atoms with E-state index in [0.29, 0.717) is 22.7 Å². The van der Waals surface area contributed by atoms with Crippen molar-refractivity contribution in [2.45, 2.75) is 43.6 Å². The molecule has 2 amide bonds. The number of rotatable bonds is 8. The summed E-state index contributed by atoms with van der Waals surface area (Å²) in [4.78, 5) is 44.3. The third-order valence-electron chi connectivity index (χ3n) is 8.67. The lowest BCUT2D eigenvalue weighted by molar-refractivity contribution is -0.157. The number of carboxylic acid groups (broad SMARTS) is 1. The number of amides is 2. The summed E-state index contributed by atoms with van der Waals surface area (Å²) < 4.78 is 6.59. The number of carboxylic acids is 1. The van der Waals surface area contributed by atoms with E-state index in [-0.39, 0.29) is 12.5 Å². The Morgan fingerprint density at radius 2 is 1.89 bits per heavy atom. The van der Waals surface area contributed by atoms with Crippen molar-refractivity contribution in [3.05, 3.63) is 77.8 Å². The van der Waals surface area contributed by atoms with Crippen molar-refractivity contribution in [2.75, 3.05) is 18.1 Å². The Morgan fingerprint density at radius 3 is 2.50 bits per heavy atom. The maximum absolute atomic E-state index is 14.6. The summed E-state index contributed by atoms with van der Waals surface area (Å²) in [5.41, 5.74) is -1.43. The number of hydrogen-bond donors (Lipinski definition) is 2. The smallest absolute Gasteiger partial charge is 0.310 e. The SMILES string of the molecule is C=CCN(C(=O)C1N([C@H](CO)c2ccccc2)C(=O)[C@@H]2[C@H](C(=O)O)[C@@]3(C)OC12CC3C)c1ccccc1Cl. The van der Waals surface area contributed by atoms with Gasteiger partial charge in [-0.2, -0.15) is 0 Å². The number of benzene rings is 2. The quantitative estimate of drug-likeness (QED) is 0.496. The number of halogens is 1. The van der Waals surface area contributed by atoms with Gasteiger partial charge in [-0.25, -0.2) is 0 Å². The fourth-order valence-electron chi connectivity index (χ4n) is 6.95. The molecular formula is C29H31ClN2O6. The highest BCUT2D eigenvalue weighted by atomic mass is 35.5. The van der Waals surface area contributed by atoms with Crippen molar-refractivity contribution >= 4 is 35.1 Å². The van der Waals surface area contributed by atoms with E-state index < -0.39 is 59.5 Å². The second-order valence-corrected chi connectivity index (χ2v) is 11.0. The number of carbonyl (C=O) groups is 3. The molecule has 3 unspecified atom stereocenters. The summed E-state index contributed by atoms with van der Waals surface area (Å²) >= 11 is 6.50. The monoisotopic (exact) mass is 538 g/mol. The lowest BCUT2D eigenvalue weighted by Crippen LogP contribution is -2.57. The molecule has 3 aliphatic rings. The van der Waals surface area contributed by atoms with Gasteiger partial charge in [-0.3, -0.25) is 14.4 Å². The number of carbonyl (C=O) groups excluding carboxylic acids is 2. The van der Waals surface area contributed by atoms with Crippen molar-refractivity contribution in [2.24, 2.45) is 17.8 Å². The predicted octanol–water partition coefficient (Wildman–Crippen LogP) is 3.69. The molecule has 3 fully saturated rings. The lowest BCUT2D eigenvalue weighted by Gasteiger charge is -2.39. The normalized spacial score (nSPS) is 32.2.